The Kier molecular flexibility index (Phi) is 4.27. The van der Waals surface area contributed by atoms with E-state index in [4.69, 9.17) is 34.7 Å². The molecule has 5 N–H and O–H groups in total. The van der Waals surface area contributed by atoms with Gasteiger partial charge in [0, 0.05) is 0 Å². The predicted octanol–water partition coefficient (Wildman–Crippen LogP) is 2.60. The smallest absolute Gasteiger partial charge is 0.364 e. The van der Waals surface area contributed by atoms with E-state index in [0.717, 1.165) is 0 Å². The Balaban J connectivity index is 2.66. The number of rotatable bonds is 3. The summed E-state index contributed by atoms with van der Waals surface area (Å²) < 4.78 is 38.1. The number of nitrogens with zero attached hydrogens (tertiary/aromatic N) is 1. The fourth-order valence-corrected chi connectivity index (χ4v) is 2.48. The van der Waals surface area contributed by atoms with E-state index >= 15 is 0 Å². The number of aromatic nitrogens is 2. The Hall–Kier alpha value is -2.26. The van der Waals surface area contributed by atoms with Crippen LogP contribution >= 0.6 is 23.2 Å². The maximum absolute atomic E-state index is 12.7. The van der Waals surface area contributed by atoms with Gasteiger partial charge in [-0.15, -0.1) is 0 Å². The molecule has 0 radical (unpaired) electrons. The Morgan fingerprint density at radius 2 is 1.61 bits per heavy atom. The first-order valence-electron chi connectivity index (χ1n) is 5.78. The van der Waals surface area contributed by atoms with Crippen molar-refractivity contribution >= 4 is 35.0 Å². The zero-order valence-electron chi connectivity index (χ0n) is 11.0. The molecule has 0 unspecified atom stereocenters. The summed E-state index contributed by atoms with van der Waals surface area (Å²) in [7, 11) is 0. The number of imidazole rings is 1. The van der Waals surface area contributed by atoms with Crippen LogP contribution in [0.25, 0.3) is 11.4 Å². The maximum atomic E-state index is 12.7. The van der Waals surface area contributed by atoms with Crippen LogP contribution in [0.5, 0.6) is 0 Å². The Morgan fingerprint density at radius 1 is 1.09 bits per heavy atom. The van der Waals surface area contributed by atoms with Gasteiger partial charge in [-0.05, 0) is 12.1 Å². The number of alkyl halides is 3. The molecule has 0 spiro atoms. The van der Waals surface area contributed by atoms with E-state index in [1.165, 1.54) is 0 Å². The Bertz CT molecular complexity index is 763. The van der Waals surface area contributed by atoms with Crippen LogP contribution in [0.1, 0.15) is 26.5 Å². The molecule has 0 aliphatic carbocycles. The van der Waals surface area contributed by atoms with Gasteiger partial charge in [-0.3, -0.25) is 9.59 Å². The minimum absolute atomic E-state index is 0.128. The van der Waals surface area contributed by atoms with Crippen LogP contribution in [0.4, 0.5) is 13.2 Å². The molecule has 0 aliphatic rings. The standard InChI is InChI=1S/C12H7Cl2F3N4O2/c13-4-1-3(12(15,16)17)2-5(14)6(4)11-20-7(9(18)22)8(21-11)10(19)23/h1-2H,(H2,18,22)(H2,19,23)(H,20,21). The summed E-state index contributed by atoms with van der Waals surface area (Å²) >= 11 is 11.6. The first-order valence-corrected chi connectivity index (χ1v) is 6.54. The van der Waals surface area contributed by atoms with E-state index in [1.807, 2.05) is 0 Å². The molecule has 0 atom stereocenters. The van der Waals surface area contributed by atoms with Crippen LogP contribution < -0.4 is 11.5 Å². The van der Waals surface area contributed by atoms with E-state index in [1.54, 1.807) is 0 Å². The van der Waals surface area contributed by atoms with Crippen LogP contribution in [-0.2, 0) is 6.18 Å². The molecule has 1 heterocycles. The number of nitrogens with two attached hydrogens (primary N) is 2. The van der Waals surface area contributed by atoms with Gasteiger partial charge in [-0.1, -0.05) is 23.2 Å². The normalized spacial score (nSPS) is 11.5. The lowest BCUT2D eigenvalue weighted by molar-refractivity contribution is -0.137. The van der Waals surface area contributed by atoms with Crippen molar-refractivity contribution in [1.29, 1.82) is 0 Å². The molecule has 0 bridgehead atoms. The molecule has 0 aliphatic heterocycles. The highest BCUT2D eigenvalue weighted by molar-refractivity contribution is 6.39. The van der Waals surface area contributed by atoms with Gasteiger partial charge in [0.05, 0.1) is 21.2 Å². The zero-order chi connectivity index (χ0) is 17.5. The molecular weight excluding hydrogens is 360 g/mol. The van der Waals surface area contributed by atoms with Crippen molar-refractivity contribution in [3.63, 3.8) is 0 Å². The molecule has 0 fully saturated rings. The van der Waals surface area contributed by atoms with E-state index < -0.39 is 34.9 Å². The summed E-state index contributed by atoms with van der Waals surface area (Å²) in [5, 5.41) is -0.767. The summed E-state index contributed by atoms with van der Waals surface area (Å²) in [4.78, 5) is 28.6. The number of halogens is 5. The lowest BCUT2D eigenvalue weighted by Crippen LogP contribution is -2.20. The molecule has 0 saturated heterocycles. The molecule has 2 aromatic rings. The average Bonchev–Trinajstić information content (AvgIpc) is 2.81. The average molecular weight is 367 g/mol. The lowest BCUT2D eigenvalue weighted by atomic mass is 10.1. The first-order chi connectivity index (χ1) is 10.5. The second kappa shape index (κ2) is 5.74. The Morgan fingerprint density at radius 3 is 1.96 bits per heavy atom. The number of H-pyrrole nitrogens is 1. The van der Waals surface area contributed by atoms with E-state index in [9.17, 15) is 22.8 Å². The van der Waals surface area contributed by atoms with Crippen LogP contribution in [0.3, 0.4) is 0 Å². The van der Waals surface area contributed by atoms with Crippen LogP contribution in [0, 0.1) is 0 Å². The van der Waals surface area contributed by atoms with Crippen molar-refractivity contribution in [1.82, 2.24) is 9.97 Å². The SMILES string of the molecule is NC(=O)c1nc(-c2c(Cl)cc(C(F)(F)F)cc2Cl)[nH]c1C(N)=O. The number of aromatic amines is 1. The third-order valence-electron chi connectivity index (χ3n) is 2.79. The molecule has 11 heteroatoms. The van der Waals surface area contributed by atoms with Crippen molar-refractivity contribution in [2.45, 2.75) is 6.18 Å². The maximum Gasteiger partial charge on any atom is 0.416 e. The van der Waals surface area contributed by atoms with E-state index in [-0.39, 0.29) is 21.4 Å². The van der Waals surface area contributed by atoms with Gasteiger partial charge >= 0.3 is 6.18 Å². The van der Waals surface area contributed by atoms with E-state index in [2.05, 4.69) is 9.97 Å². The highest BCUT2D eigenvalue weighted by Gasteiger charge is 2.32. The monoisotopic (exact) mass is 366 g/mol. The third kappa shape index (κ3) is 3.25. The number of carbonyl (C=O) groups is 2. The fraction of sp³-hybridized carbons (Fsp3) is 0.0833. The summed E-state index contributed by atoms with van der Waals surface area (Å²) in [5.41, 5.74) is 8.06. The number of hydrogen-bond donors (Lipinski definition) is 3. The Labute approximate surface area is 136 Å². The molecule has 1 aromatic heterocycles. The fourth-order valence-electron chi connectivity index (χ4n) is 1.81. The molecule has 6 nitrogen and oxygen atoms in total. The minimum atomic E-state index is -4.65. The quantitative estimate of drug-likeness (QED) is 0.775. The molecule has 0 saturated carbocycles. The number of amides is 2. The second-order valence-corrected chi connectivity index (χ2v) is 5.16. The van der Waals surface area contributed by atoms with Crippen molar-refractivity contribution < 1.29 is 22.8 Å². The first kappa shape index (κ1) is 17.1. The van der Waals surface area contributed by atoms with Gasteiger partial charge < -0.3 is 16.5 Å². The predicted molar refractivity (Wildman–Crippen MR) is 76.1 cm³/mol. The molecular formula is C12H7Cl2F3N4O2. The summed E-state index contributed by atoms with van der Waals surface area (Å²) in [6.45, 7) is 0. The summed E-state index contributed by atoms with van der Waals surface area (Å²) in [6.07, 6.45) is -4.65. The second-order valence-electron chi connectivity index (χ2n) is 4.35. The molecule has 23 heavy (non-hydrogen) atoms. The summed E-state index contributed by atoms with van der Waals surface area (Å²) in [6, 6.07) is 1.28. The molecule has 122 valence electrons. The van der Waals surface area contributed by atoms with Crippen molar-refractivity contribution in [3.8, 4) is 11.4 Å². The van der Waals surface area contributed by atoms with Crippen molar-refractivity contribution in [2.75, 3.05) is 0 Å². The summed E-state index contributed by atoms with van der Waals surface area (Å²) in [5.74, 6) is -2.30. The third-order valence-corrected chi connectivity index (χ3v) is 3.39. The van der Waals surface area contributed by atoms with Crippen LogP contribution in [0.2, 0.25) is 10.0 Å². The molecule has 2 rings (SSSR count). The minimum Gasteiger partial charge on any atom is -0.364 e. The lowest BCUT2D eigenvalue weighted by Gasteiger charge is -2.10. The number of nitrogens with one attached hydrogen (secondary N) is 1. The number of hydrogen-bond acceptors (Lipinski definition) is 3. The van der Waals surface area contributed by atoms with Gasteiger partial charge in [0.15, 0.2) is 5.69 Å². The van der Waals surface area contributed by atoms with Crippen LogP contribution in [0.15, 0.2) is 12.1 Å². The number of benzene rings is 1. The largest absolute Gasteiger partial charge is 0.416 e. The van der Waals surface area contributed by atoms with Gasteiger partial charge in [-0.25, -0.2) is 4.98 Å². The van der Waals surface area contributed by atoms with Crippen molar-refractivity contribution in [2.24, 2.45) is 11.5 Å². The number of primary amides is 2. The highest BCUT2D eigenvalue weighted by Crippen LogP contribution is 2.39. The van der Waals surface area contributed by atoms with Gasteiger partial charge in [0.25, 0.3) is 11.8 Å². The van der Waals surface area contributed by atoms with Crippen LogP contribution in [-0.4, -0.2) is 21.8 Å². The van der Waals surface area contributed by atoms with Gasteiger partial charge in [0.2, 0.25) is 0 Å². The zero-order valence-corrected chi connectivity index (χ0v) is 12.5. The topological polar surface area (TPSA) is 115 Å². The molecule has 1 aromatic carbocycles. The van der Waals surface area contributed by atoms with Crippen molar-refractivity contribution in [3.05, 3.63) is 39.1 Å². The number of carbonyl (C=O) groups excluding carboxylic acids is 2. The van der Waals surface area contributed by atoms with Gasteiger partial charge in [0.1, 0.15) is 11.5 Å². The van der Waals surface area contributed by atoms with Gasteiger partial charge in [-0.2, -0.15) is 13.2 Å². The molecule has 2 amide bonds. The highest BCUT2D eigenvalue weighted by atomic mass is 35.5. The van der Waals surface area contributed by atoms with E-state index in [0.29, 0.717) is 12.1 Å².